The second kappa shape index (κ2) is 15.6. The van der Waals surface area contributed by atoms with Crippen LogP contribution in [-0.4, -0.2) is 15.0 Å². The van der Waals surface area contributed by atoms with Crippen molar-refractivity contribution in [2.24, 2.45) is 0 Å². The third-order valence-electron chi connectivity index (χ3n) is 5.20. The first-order valence-electron chi connectivity index (χ1n) is 11.8. The SMILES string of the molecule is [Co].c1ccc(-c2ccccn2)cc1.c1ccc(-c2ccccn2)cc1.c1ccc(-c2ccccn2)cc1. The Morgan fingerprint density at radius 2 is 0.514 bits per heavy atom. The average molecular weight is 525 g/mol. The van der Waals surface area contributed by atoms with Crippen LogP contribution in [0, 0.1) is 0 Å². The summed E-state index contributed by atoms with van der Waals surface area (Å²) in [6.45, 7) is 0. The Hall–Kier alpha value is -4.38. The predicted octanol–water partition coefficient (Wildman–Crippen LogP) is 8.24. The van der Waals surface area contributed by atoms with E-state index in [-0.39, 0.29) is 16.8 Å². The molecule has 0 spiro atoms. The maximum atomic E-state index is 4.25. The van der Waals surface area contributed by atoms with Crippen LogP contribution in [0.1, 0.15) is 0 Å². The molecule has 0 aliphatic carbocycles. The Morgan fingerprint density at radius 1 is 0.270 bits per heavy atom. The minimum Gasteiger partial charge on any atom is -0.256 e. The Bertz CT molecular complexity index is 1090. The Balaban J connectivity index is 0.000000152. The van der Waals surface area contributed by atoms with Crippen LogP contribution in [0.5, 0.6) is 0 Å². The van der Waals surface area contributed by atoms with Crippen molar-refractivity contribution in [3.8, 4) is 33.8 Å². The molecule has 183 valence electrons. The van der Waals surface area contributed by atoms with Crippen molar-refractivity contribution in [1.82, 2.24) is 15.0 Å². The number of aromatic nitrogens is 3. The minimum absolute atomic E-state index is 0. The van der Waals surface area contributed by atoms with Crippen molar-refractivity contribution in [3.63, 3.8) is 0 Å². The van der Waals surface area contributed by atoms with Crippen molar-refractivity contribution in [1.29, 1.82) is 0 Å². The summed E-state index contributed by atoms with van der Waals surface area (Å²) in [5, 5.41) is 0. The zero-order valence-electron chi connectivity index (χ0n) is 20.3. The molecule has 0 fully saturated rings. The van der Waals surface area contributed by atoms with Gasteiger partial charge in [0.2, 0.25) is 0 Å². The molecule has 3 heterocycles. The van der Waals surface area contributed by atoms with Gasteiger partial charge < -0.3 is 0 Å². The first-order chi connectivity index (χ1) is 17.9. The summed E-state index contributed by atoms with van der Waals surface area (Å²) >= 11 is 0. The van der Waals surface area contributed by atoms with E-state index in [0.29, 0.717) is 0 Å². The molecule has 0 aliphatic heterocycles. The van der Waals surface area contributed by atoms with Crippen LogP contribution in [0.2, 0.25) is 0 Å². The van der Waals surface area contributed by atoms with Crippen molar-refractivity contribution in [2.75, 3.05) is 0 Å². The van der Waals surface area contributed by atoms with Gasteiger partial charge >= 0.3 is 0 Å². The molecule has 0 saturated carbocycles. The van der Waals surface area contributed by atoms with Crippen LogP contribution in [-0.2, 0) is 16.8 Å². The van der Waals surface area contributed by atoms with E-state index in [9.17, 15) is 0 Å². The molecule has 0 aliphatic rings. The second-order valence-corrected chi connectivity index (χ2v) is 7.74. The van der Waals surface area contributed by atoms with Gasteiger partial charge in [-0.3, -0.25) is 15.0 Å². The summed E-state index contributed by atoms with van der Waals surface area (Å²) in [5.41, 5.74) is 6.57. The van der Waals surface area contributed by atoms with Crippen molar-refractivity contribution < 1.29 is 16.8 Å². The monoisotopic (exact) mass is 524 g/mol. The van der Waals surface area contributed by atoms with Crippen LogP contribution in [0.15, 0.2) is 164 Å². The van der Waals surface area contributed by atoms with E-state index in [1.54, 1.807) is 0 Å². The van der Waals surface area contributed by atoms with Crippen LogP contribution < -0.4 is 0 Å². The first kappa shape index (κ1) is 27.2. The molecule has 37 heavy (non-hydrogen) atoms. The number of hydrogen-bond donors (Lipinski definition) is 0. The van der Waals surface area contributed by atoms with Gasteiger partial charge in [0.1, 0.15) is 0 Å². The van der Waals surface area contributed by atoms with Gasteiger partial charge in [-0.25, -0.2) is 0 Å². The Kier molecular flexibility index (Phi) is 11.5. The van der Waals surface area contributed by atoms with Gasteiger partial charge in [0.15, 0.2) is 0 Å². The number of nitrogens with zero attached hydrogens (tertiary/aromatic N) is 3. The van der Waals surface area contributed by atoms with E-state index in [1.165, 1.54) is 0 Å². The molecule has 6 rings (SSSR count). The fourth-order valence-electron chi connectivity index (χ4n) is 3.43. The van der Waals surface area contributed by atoms with Crippen LogP contribution in [0.4, 0.5) is 0 Å². The van der Waals surface area contributed by atoms with E-state index < -0.39 is 0 Å². The molecule has 3 aromatic heterocycles. The van der Waals surface area contributed by atoms with E-state index in [1.807, 2.05) is 128 Å². The van der Waals surface area contributed by atoms with E-state index in [2.05, 4.69) is 51.4 Å². The maximum Gasteiger partial charge on any atom is 0.0701 e. The van der Waals surface area contributed by atoms with Gasteiger partial charge in [-0.1, -0.05) is 109 Å². The molecule has 6 aromatic rings. The average Bonchev–Trinajstić information content (AvgIpc) is 3.01. The van der Waals surface area contributed by atoms with Crippen molar-refractivity contribution in [3.05, 3.63) is 164 Å². The van der Waals surface area contributed by atoms with E-state index in [0.717, 1.165) is 33.8 Å². The predicted molar refractivity (Wildman–Crippen MR) is 149 cm³/mol. The number of pyridine rings is 3. The molecule has 0 bridgehead atoms. The van der Waals surface area contributed by atoms with E-state index in [4.69, 9.17) is 0 Å². The number of benzene rings is 3. The summed E-state index contributed by atoms with van der Waals surface area (Å²) in [6.07, 6.45) is 5.42. The Labute approximate surface area is 229 Å². The van der Waals surface area contributed by atoms with Gasteiger partial charge in [-0.2, -0.15) is 0 Å². The quantitative estimate of drug-likeness (QED) is 0.234. The second-order valence-electron chi connectivity index (χ2n) is 7.74. The molecule has 1 radical (unpaired) electrons. The fraction of sp³-hybridized carbons (Fsp3) is 0. The maximum absolute atomic E-state index is 4.25. The normalized spacial score (nSPS) is 9.41. The molecule has 0 saturated heterocycles. The van der Waals surface area contributed by atoms with Gasteiger partial charge in [-0.15, -0.1) is 0 Å². The van der Waals surface area contributed by atoms with E-state index >= 15 is 0 Å². The summed E-state index contributed by atoms with van der Waals surface area (Å²) in [4.78, 5) is 12.7. The molecule has 4 heteroatoms. The summed E-state index contributed by atoms with van der Waals surface area (Å²) in [7, 11) is 0. The third kappa shape index (κ3) is 8.97. The molecule has 0 unspecified atom stereocenters. The smallest absolute Gasteiger partial charge is 0.0701 e. The summed E-state index contributed by atoms with van der Waals surface area (Å²) in [6, 6.07) is 48.3. The fourth-order valence-corrected chi connectivity index (χ4v) is 3.43. The third-order valence-corrected chi connectivity index (χ3v) is 5.20. The number of rotatable bonds is 3. The number of hydrogen-bond acceptors (Lipinski definition) is 3. The zero-order valence-corrected chi connectivity index (χ0v) is 21.3. The van der Waals surface area contributed by atoms with Gasteiger partial charge in [0, 0.05) is 52.1 Å². The van der Waals surface area contributed by atoms with Crippen molar-refractivity contribution in [2.45, 2.75) is 0 Å². The molecular weight excluding hydrogens is 497 g/mol. The molecule has 0 N–H and O–H groups in total. The van der Waals surface area contributed by atoms with Gasteiger partial charge in [-0.05, 0) is 36.4 Å². The van der Waals surface area contributed by atoms with Crippen molar-refractivity contribution >= 4 is 0 Å². The Morgan fingerprint density at radius 3 is 0.730 bits per heavy atom. The van der Waals surface area contributed by atoms with Gasteiger partial charge in [0.05, 0.1) is 17.1 Å². The molecular formula is C33H27CoN3. The standard InChI is InChI=1S/3C11H9N.Co/c3*1-2-6-10(7-3-1)11-8-4-5-9-12-11;/h3*1-9H;. The van der Waals surface area contributed by atoms with Crippen LogP contribution in [0.3, 0.4) is 0 Å². The van der Waals surface area contributed by atoms with Crippen LogP contribution in [0.25, 0.3) is 33.8 Å². The molecule has 3 nitrogen and oxygen atoms in total. The zero-order chi connectivity index (χ0) is 24.7. The molecule has 0 atom stereocenters. The van der Waals surface area contributed by atoms with Crippen LogP contribution >= 0.6 is 0 Å². The first-order valence-corrected chi connectivity index (χ1v) is 11.8. The largest absolute Gasteiger partial charge is 0.256 e. The molecule has 0 amide bonds. The summed E-state index contributed by atoms with van der Waals surface area (Å²) in [5.74, 6) is 0. The van der Waals surface area contributed by atoms with Gasteiger partial charge in [0.25, 0.3) is 0 Å². The summed E-state index contributed by atoms with van der Waals surface area (Å²) < 4.78 is 0. The topological polar surface area (TPSA) is 38.7 Å². The molecule has 3 aromatic carbocycles. The minimum atomic E-state index is 0.